The average molecular weight is 603 g/mol. The number of alkyl halides is 6. The normalized spacial score (nSPS) is 14.3. The molecule has 0 spiro atoms. The van der Waals surface area contributed by atoms with Crippen LogP contribution in [0.5, 0.6) is 0 Å². The van der Waals surface area contributed by atoms with Gasteiger partial charge in [0.15, 0.2) is 29.0 Å². The Bertz CT molecular complexity index is 1570. The van der Waals surface area contributed by atoms with Crippen molar-refractivity contribution in [3.8, 4) is 5.82 Å². The van der Waals surface area contributed by atoms with Crippen LogP contribution in [0.4, 0.5) is 41.3 Å². The molecule has 1 aliphatic rings. The van der Waals surface area contributed by atoms with Gasteiger partial charge in [0.1, 0.15) is 11.2 Å². The number of aromatic nitrogens is 6. The molecule has 19 heteroatoms. The van der Waals surface area contributed by atoms with E-state index in [0.717, 1.165) is 18.5 Å². The van der Waals surface area contributed by atoms with E-state index in [1.807, 2.05) is 10.6 Å². The van der Waals surface area contributed by atoms with Gasteiger partial charge in [0.2, 0.25) is 0 Å². The predicted molar refractivity (Wildman–Crippen MR) is 129 cm³/mol. The number of pyridine rings is 1. The van der Waals surface area contributed by atoms with Crippen LogP contribution in [0.3, 0.4) is 0 Å². The fraction of sp³-hybridized carbons (Fsp3) is 0.304. The molecule has 4 rings (SSSR count). The van der Waals surface area contributed by atoms with E-state index >= 15 is 0 Å². The minimum atomic E-state index is -5.24. The molecule has 0 unspecified atom stereocenters. The van der Waals surface area contributed by atoms with Crippen molar-refractivity contribution < 1.29 is 45.1 Å². The number of rotatable bonds is 5. The first-order chi connectivity index (χ1) is 19.4. The summed E-state index contributed by atoms with van der Waals surface area (Å²) in [6.45, 7) is 4.13. The fourth-order valence-electron chi connectivity index (χ4n) is 3.59. The van der Waals surface area contributed by atoms with Crippen molar-refractivity contribution in [2.75, 3.05) is 11.9 Å². The van der Waals surface area contributed by atoms with Crippen molar-refractivity contribution in [2.45, 2.75) is 38.7 Å². The summed E-state index contributed by atoms with van der Waals surface area (Å²) < 4.78 is 103. The lowest BCUT2D eigenvalue weighted by molar-refractivity contribution is -0.143. The number of hydrogen-bond acceptors (Lipinski definition) is 8. The summed E-state index contributed by atoms with van der Waals surface area (Å²) in [5.74, 6) is -4.56. The number of amides is 2. The molecule has 0 saturated carbocycles. The van der Waals surface area contributed by atoms with E-state index in [1.165, 1.54) is 20.8 Å². The molecule has 42 heavy (non-hydrogen) atoms. The first kappa shape index (κ1) is 30.0. The number of nitrogens with zero attached hydrogens (tertiary/aromatic N) is 6. The highest BCUT2D eigenvalue weighted by molar-refractivity contribution is 5.96. The first-order valence-electron chi connectivity index (χ1n) is 11.7. The molecule has 3 aromatic heterocycles. The Morgan fingerprint density at radius 1 is 0.976 bits per heavy atom. The first-order valence-corrected chi connectivity index (χ1v) is 11.7. The van der Waals surface area contributed by atoms with Crippen LogP contribution in [0.25, 0.3) is 11.6 Å². The van der Waals surface area contributed by atoms with Crippen LogP contribution in [-0.4, -0.2) is 60.1 Å². The monoisotopic (exact) mass is 603 g/mol. The number of ether oxygens (including phenoxy) is 1. The van der Waals surface area contributed by atoms with E-state index in [1.54, 1.807) is 0 Å². The van der Waals surface area contributed by atoms with Gasteiger partial charge in [0.25, 0.3) is 5.91 Å². The van der Waals surface area contributed by atoms with Crippen LogP contribution in [0.2, 0.25) is 0 Å². The summed E-state index contributed by atoms with van der Waals surface area (Å²) in [6.07, 6.45) is -8.03. The third-order valence-corrected chi connectivity index (χ3v) is 5.17. The van der Waals surface area contributed by atoms with Crippen molar-refractivity contribution >= 4 is 23.6 Å². The van der Waals surface area contributed by atoms with Crippen LogP contribution in [-0.2, 0) is 10.9 Å². The second-order valence-electron chi connectivity index (χ2n) is 9.50. The SMILES string of the molecule is CC(C)(C)OC(=O)Nc1nc(-n2ncc(C(=O)NC3=CC(C(F)(F)F)=C(n4nccn4)NC3)c2C(F)(F)F)ccc1F. The number of hydrogen-bond donors (Lipinski definition) is 3. The number of allylic oxidation sites excluding steroid dienone is 2. The highest BCUT2D eigenvalue weighted by atomic mass is 19.4. The molecule has 0 saturated heterocycles. The molecule has 0 bridgehead atoms. The topological polar surface area (TPSA) is 141 Å². The molecule has 0 radical (unpaired) electrons. The lowest BCUT2D eigenvalue weighted by Crippen LogP contribution is -2.37. The quantitative estimate of drug-likeness (QED) is 0.372. The van der Waals surface area contributed by atoms with Gasteiger partial charge in [0, 0.05) is 5.70 Å². The van der Waals surface area contributed by atoms with Crippen LogP contribution >= 0.6 is 0 Å². The van der Waals surface area contributed by atoms with Gasteiger partial charge in [0.05, 0.1) is 30.7 Å². The minimum absolute atomic E-state index is 0.171. The molecular weight excluding hydrogens is 583 g/mol. The zero-order valence-corrected chi connectivity index (χ0v) is 21.7. The Labute approximate surface area is 231 Å². The van der Waals surface area contributed by atoms with E-state index in [-0.39, 0.29) is 4.68 Å². The zero-order valence-electron chi connectivity index (χ0n) is 21.7. The van der Waals surface area contributed by atoms with E-state index < -0.39 is 82.3 Å². The molecule has 3 aromatic rings. The highest BCUT2D eigenvalue weighted by Gasteiger charge is 2.42. The maximum atomic E-state index is 14.3. The van der Waals surface area contributed by atoms with Gasteiger partial charge in [-0.25, -0.2) is 18.9 Å². The Kier molecular flexibility index (Phi) is 7.70. The number of halogens is 7. The molecule has 1 aliphatic heterocycles. The van der Waals surface area contributed by atoms with Gasteiger partial charge in [-0.3, -0.25) is 10.1 Å². The second kappa shape index (κ2) is 10.8. The number of nitrogens with one attached hydrogen (secondary N) is 3. The van der Waals surface area contributed by atoms with Crippen molar-refractivity contribution in [3.63, 3.8) is 0 Å². The lowest BCUT2D eigenvalue weighted by Gasteiger charge is -2.23. The van der Waals surface area contributed by atoms with Gasteiger partial charge in [-0.05, 0) is 39.0 Å². The van der Waals surface area contributed by atoms with E-state index in [2.05, 4.69) is 25.6 Å². The van der Waals surface area contributed by atoms with Crippen LogP contribution in [0.1, 0.15) is 36.8 Å². The Balaban J connectivity index is 1.67. The number of dihydropyridines is 1. The van der Waals surface area contributed by atoms with Crippen LogP contribution in [0, 0.1) is 5.82 Å². The fourth-order valence-corrected chi connectivity index (χ4v) is 3.59. The summed E-state index contributed by atoms with van der Waals surface area (Å²) in [4.78, 5) is 29.2. The lowest BCUT2D eigenvalue weighted by atomic mass is 10.1. The molecule has 4 heterocycles. The molecule has 12 nitrogen and oxygen atoms in total. The maximum absolute atomic E-state index is 14.3. The van der Waals surface area contributed by atoms with E-state index in [9.17, 15) is 40.3 Å². The summed E-state index contributed by atoms with van der Waals surface area (Å²) in [5.41, 5.74) is -5.45. The third kappa shape index (κ3) is 6.66. The standard InChI is InChI=1S/C23H20F7N9O3/c1-21(2,3)42-20(41)37-17-14(24)4-5-15(36-17)38-16(23(28,29)30)12(10-34-38)19(40)35-11-8-13(22(25,26)27)18(31-9-11)39-32-6-7-33-39/h4-8,10,31H,9H2,1-3H3,(H,35,40)(H,36,37,41). The number of carbonyl (C=O) groups is 2. The molecule has 3 N–H and O–H groups in total. The summed E-state index contributed by atoms with van der Waals surface area (Å²) in [7, 11) is 0. The third-order valence-electron chi connectivity index (χ3n) is 5.17. The van der Waals surface area contributed by atoms with Gasteiger partial charge in [-0.1, -0.05) is 0 Å². The van der Waals surface area contributed by atoms with Crippen molar-refractivity contribution in [3.05, 3.63) is 65.1 Å². The number of anilines is 1. The van der Waals surface area contributed by atoms with Crippen LogP contribution in [0.15, 0.2) is 48.1 Å². The second-order valence-corrected chi connectivity index (χ2v) is 9.50. The van der Waals surface area contributed by atoms with Crippen molar-refractivity contribution in [1.82, 2.24) is 40.4 Å². The molecule has 0 fully saturated rings. The van der Waals surface area contributed by atoms with Gasteiger partial charge >= 0.3 is 18.4 Å². The molecule has 0 atom stereocenters. The summed E-state index contributed by atoms with van der Waals surface area (Å²) in [5, 5.41) is 17.2. The Morgan fingerprint density at radius 2 is 1.64 bits per heavy atom. The van der Waals surface area contributed by atoms with Gasteiger partial charge in [-0.2, -0.15) is 41.6 Å². The van der Waals surface area contributed by atoms with Gasteiger partial charge in [-0.15, -0.1) is 4.80 Å². The Hall–Kier alpha value is -4.97. The van der Waals surface area contributed by atoms with E-state index in [4.69, 9.17) is 4.74 Å². The molecular formula is C23H20F7N9O3. The average Bonchev–Trinajstić information content (AvgIpc) is 3.54. The number of carbonyl (C=O) groups excluding carboxylic acids is 2. The predicted octanol–water partition coefficient (Wildman–Crippen LogP) is 4.01. The van der Waals surface area contributed by atoms with Crippen LogP contribution < -0.4 is 16.0 Å². The van der Waals surface area contributed by atoms with Gasteiger partial charge < -0.3 is 15.4 Å². The minimum Gasteiger partial charge on any atom is -0.444 e. The Morgan fingerprint density at radius 3 is 2.24 bits per heavy atom. The molecule has 0 aromatic carbocycles. The molecule has 2 amide bonds. The summed E-state index contributed by atoms with van der Waals surface area (Å²) in [6, 6.07) is 1.50. The highest BCUT2D eigenvalue weighted by Crippen LogP contribution is 2.35. The summed E-state index contributed by atoms with van der Waals surface area (Å²) >= 11 is 0. The molecule has 0 aliphatic carbocycles. The van der Waals surface area contributed by atoms with Crippen molar-refractivity contribution in [1.29, 1.82) is 0 Å². The van der Waals surface area contributed by atoms with E-state index in [0.29, 0.717) is 23.1 Å². The molecule has 224 valence electrons. The van der Waals surface area contributed by atoms with Crippen molar-refractivity contribution in [2.24, 2.45) is 0 Å². The largest absolute Gasteiger partial charge is 0.444 e. The smallest absolute Gasteiger partial charge is 0.434 e. The zero-order chi connectivity index (χ0) is 31.0. The maximum Gasteiger partial charge on any atom is 0.434 e.